The Bertz CT molecular complexity index is 311. The van der Waals surface area contributed by atoms with E-state index in [-0.39, 0.29) is 12.4 Å². The van der Waals surface area contributed by atoms with E-state index in [9.17, 15) is 4.79 Å². The fraction of sp³-hybridized carbons (Fsp3) is 0.364. The number of carbonyl (C=O) groups is 1. The summed E-state index contributed by atoms with van der Waals surface area (Å²) in [5.74, 6) is 0.603. The first-order valence-corrected chi connectivity index (χ1v) is 6.48. The van der Waals surface area contributed by atoms with Crippen LogP contribution in [0.15, 0.2) is 33.6 Å². The minimum atomic E-state index is 0.129. The number of halogens is 1. The summed E-state index contributed by atoms with van der Waals surface area (Å²) in [5.41, 5.74) is 0. The van der Waals surface area contributed by atoms with Gasteiger partial charge >= 0.3 is 0 Å². The molecule has 1 aromatic carbocycles. The Balaban J connectivity index is 2.30. The smallest absolute Gasteiger partial charge is 0.168 e. The summed E-state index contributed by atoms with van der Waals surface area (Å²) in [6.07, 6.45) is 0. The number of ether oxygens (including phenoxy) is 1. The lowest BCUT2D eigenvalue weighted by atomic mass is 10.4. The lowest BCUT2D eigenvalue weighted by Crippen LogP contribution is -2.10. The van der Waals surface area contributed by atoms with Crippen LogP contribution in [0.1, 0.15) is 6.92 Å². The summed E-state index contributed by atoms with van der Waals surface area (Å²) in [5, 5.41) is 0. The van der Waals surface area contributed by atoms with E-state index in [4.69, 9.17) is 4.74 Å². The molecule has 0 N–H and O–H groups in total. The third-order valence-electron chi connectivity index (χ3n) is 1.68. The van der Waals surface area contributed by atoms with Crippen LogP contribution < -0.4 is 0 Å². The SMILES string of the molecule is CCOCC(=O)CSc1ccc(Br)cc1. The van der Waals surface area contributed by atoms with E-state index in [1.165, 1.54) is 11.8 Å². The van der Waals surface area contributed by atoms with Crippen LogP contribution in [0.3, 0.4) is 0 Å². The lowest BCUT2D eigenvalue weighted by Gasteiger charge is -2.01. The summed E-state index contributed by atoms with van der Waals surface area (Å²) in [4.78, 5) is 12.4. The van der Waals surface area contributed by atoms with Gasteiger partial charge in [-0.25, -0.2) is 0 Å². The molecule has 0 heterocycles. The van der Waals surface area contributed by atoms with Gasteiger partial charge in [0.25, 0.3) is 0 Å². The number of carbonyl (C=O) groups excluding carboxylic acids is 1. The molecule has 0 aromatic heterocycles. The minimum absolute atomic E-state index is 0.129. The molecule has 82 valence electrons. The molecule has 0 atom stereocenters. The maximum Gasteiger partial charge on any atom is 0.168 e. The van der Waals surface area contributed by atoms with Crippen molar-refractivity contribution in [2.24, 2.45) is 0 Å². The average molecular weight is 289 g/mol. The normalized spacial score (nSPS) is 10.3. The molecule has 0 aliphatic heterocycles. The summed E-state index contributed by atoms with van der Waals surface area (Å²) in [6.45, 7) is 2.70. The minimum Gasteiger partial charge on any atom is -0.374 e. The van der Waals surface area contributed by atoms with E-state index in [0.717, 1.165) is 9.37 Å². The summed E-state index contributed by atoms with van der Waals surface area (Å²) in [6, 6.07) is 7.91. The van der Waals surface area contributed by atoms with Gasteiger partial charge in [-0.1, -0.05) is 15.9 Å². The highest BCUT2D eigenvalue weighted by Crippen LogP contribution is 2.20. The fourth-order valence-electron chi connectivity index (χ4n) is 0.952. The Morgan fingerprint density at radius 1 is 1.40 bits per heavy atom. The molecule has 1 aromatic rings. The molecule has 0 saturated carbocycles. The van der Waals surface area contributed by atoms with Crippen molar-refractivity contribution in [3.05, 3.63) is 28.7 Å². The van der Waals surface area contributed by atoms with Crippen LogP contribution >= 0.6 is 27.7 Å². The van der Waals surface area contributed by atoms with Gasteiger partial charge in [0.15, 0.2) is 5.78 Å². The lowest BCUT2D eigenvalue weighted by molar-refractivity contribution is -0.120. The standard InChI is InChI=1S/C11H13BrO2S/c1-2-14-7-10(13)8-15-11-5-3-9(12)4-6-11/h3-6H,2,7-8H2,1H3. The van der Waals surface area contributed by atoms with Crippen LogP contribution in [0.2, 0.25) is 0 Å². The first kappa shape index (κ1) is 12.7. The number of thioether (sulfide) groups is 1. The van der Waals surface area contributed by atoms with E-state index in [1.54, 1.807) is 0 Å². The zero-order chi connectivity index (χ0) is 11.1. The van der Waals surface area contributed by atoms with Crippen LogP contribution in [-0.2, 0) is 9.53 Å². The molecule has 0 unspecified atom stereocenters. The first-order chi connectivity index (χ1) is 7.22. The summed E-state index contributed by atoms with van der Waals surface area (Å²) in [7, 11) is 0. The quantitative estimate of drug-likeness (QED) is 0.753. The highest BCUT2D eigenvalue weighted by atomic mass is 79.9. The maximum atomic E-state index is 11.3. The van der Waals surface area contributed by atoms with E-state index < -0.39 is 0 Å². The first-order valence-electron chi connectivity index (χ1n) is 4.70. The van der Waals surface area contributed by atoms with Crippen molar-refractivity contribution >= 4 is 33.5 Å². The number of Topliss-reactive ketones (excluding diaryl/α,β-unsaturated/α-hetero) is 1. The van der Waals surface area contributed by atoms with Crippen molar-refractivity contribution in [3.8, 4) is 0 Å². The maximum absolute atomic E-state index is 11.3. The van der Waals surface area contributed by atoms with Crippen LogP contribution in [0.25, 0.3) is 0 Å². The molecule has 0 aliphatic rings. The van der Waals surface area contributed by atoms with Crippen LogP contribution in [0, 0.1) is 0 Å². The molecule has 4 heteroatoms. The monoisotopic (exact) mass is 288 g/mol. The van der Waals surface area contributed by atoms with Crippen LogP contribution in [0.5, 0.6) is 0 Å². The van der Waals surface area contributed by atoms with Gasteiger partial charge < -0.3 is 4.74 Å². The van der Waals surface area contributed by atoms with E-state index >= 15 is 0 Å². The topological polar surface area (TPSA) is 26.3 Å². The molecule has 0 radical (unpaired) electrons. The molecule has 0 spiro atoms. The number of hydrogen-bond donors (Lipinski definition) is 0. The predicted molar refractivity (Wildman–Crippen MR) is 66.4 cm³/mol. The van der Waals surface area contributed by atoms with Crippen molar-refractivity contribution in [3.63, 3.8) is 0 Å². The zero-order valence-electron chi connectivity index (χ0n) is 8.53. The van der Waals surface area contributed by atoms with Gasteiger partial charge in [0, 0.05) is 16.0 Å². The fourth-order valence-corrected chi connectivity index (χ4v) is 1.96. The molecule has 0 amide bonds. The van der Waals surface area contributed by atoms with Crippen molar-refractivity contribution < 1.29 is 9.53 Å². The third-order valence-corrected chi connectivity index (χ3v) is 3.28. The van der Waals surface area contributed by atoms with Gasteiger partial charge in [-0.05, 0) is 31.2 Å². The van der Waals surface area contributed by atoms with Crippen molar-refractivity contribution in [1.29, 1.82) is 0 Å². The number of hydrogen-bond acceptors (Lipinski definition) is 3. The van der Waals surface area contributed by atoms with Crippen molar-refractivity contribution in [1.82, 2.24) is 0 Å². The van der Waals surface area contributed by atoms with Gasteiger partial charge in [0.1, 0.15) is 6.61 Å². The molecule has 15 heavy (non-hydrogen) atoms. The Morgan fingerprint density at radius 3 is 2.67 bits per heavy atom. The van der Waals surface area contributed by atoms with Crippen molar-refractivity contribution in [2.45, 2.75) is 11.8 Å². The summed E-state index contributed by atoms with van der Waals surface area (Å²) >= 11 is 4.90. The van der Waals surface area contributed by atoms with Gasteiger partial charge in [0.2, 0.25) is 0 Å². The van der Waals surface area contributed by atoms with Gasteiger partial charge in [-0.3, -0.25) is 4.79 Å². The molecule has 2 nitrogen and oxygen atoms in total. The zero-order valence-corrected chi connectivity index (χ0v) is 10.9. The van der Waals surface area contributed by atoms with Gasteiger partial charge in [-0.15, -0.1) is 11.8 Å². The molecule has 0 aliphatic carbocycles. The number of rotatable bonds is 6. The average Bonchev–Trinajstić information content (AvgIpc) is 2.25. The van der Waals surface area contributed by atoms with Crippen molar-refractivity contribution in [2.75, 3.05) is 19.0 Å². The van der Waals surface area contributed by atoms with Gasteiger partial charge in [0.05, 0.1) is 5.75 Å². The second-order valence-corrected chi connectivity index (χ2v) is 4.88. The highest BCUT2D eigenvalue weighted by Gasteiger charge is 2.02. The Morgan fingerprint density at radius 2 is 2.07 bits per heavy atom. The van der Waals surface area contributed by atoms with Gasteiger partial charge in [-0.2, -0.15) is 0 Å². The third kappa shape index (κ3) is 5.35. The largest absolute Gasteiger partial charge is 0.374 e. The molecule has 1 rings (SSSR count). The molecule has 0 fully saturated rings. The highest BCUT2D eigenvalue weighted by molar-refractivity contribution is 9.10. The molecular weight excluding hydrogens is 276 g/mol. The molecule has 0 saturated heterocycles. The molecular formula is C11H13BrO2S. The Kier molecular flexibility index (Phi) is 5.98. The Labute approximate surface area is 103 Å². The van der Waals surface area contributed by atoms with E-state index in [1.807, 2.05) is 31.2 Å². The second-order valence-electron chi connectivity index (χ2n) is 2.92. The number of ketones is 1. The predicted octanol–water partition coefficient (Wildman–Crippen LogP) is 3.15. The van der Waals surface area contributed by atoms with E-state index in [0.29, 0.717) is 12.4 Å². The second kappa shape index (κ2) is 7.04. The van der Waals surface area contributed by atoms with Crippen LogP contribution in [0.4, 0.5) is 0 Å². The van der Waals surface area contributed by atoms with E-state index in [2.05, 4.69) is 15.9 Å². The summed E-state index contributed by atoms with van der Waals surface area (Å²) < 4.78 is 6.08. The molecule has 0 bridgehead atoms. The van der Waals surface area contributed by atoms with Crippen LogP contribution in [-0.4, -0.2) is 24.7 Å². The Hall–Kier alpha value is -0.320. The number of benzene rings is 1.